The fraction of sp³-hybridized carbons (Fsp3) is 0.321. The van der Waals surface area contributed by atoms with Gasteiger partial charge in [-0.1, -0.05) is 18.2 Å². The first-order valence-electron chi connectivity index (χ1n) is 12.7. The molecule has 0 aliphatic carbocycles. The zero-order valence-corrected chi connectivity index (χ0v) is 23.1. The van der Waals surface area contributed by atoms with Gasteiger partial charge in [0, 0.05) is 11.3 Å². The number of hydrogen-bond donors (Lipinski definition) is 3. The third kappa shape index (κ3) is 8.46. The molecule has 0 bridgehead atoms. The molecule has 2 aromatic rings. The Morgan fingerprint density at radius 2 is 1.71 bits per heavy atom. The molecule has 1 atom stereocenters. The summed E-state index contributed by atoms with van der Waals surface area (Å²) < 4.78 is 26.5. The van der Waals surface area contributed by atoms with Crippen LogP contribution in [0.1, 0.15) is 37.9 Å². The number of ether oxygens (including phenoxy) is 5. The van der Waals surface area contributed by atoms with E-state index in [1.54, 1.807) is 63.2 Å². The van der Waals surface area contributed by atoms with E-state index in [4.69, 9.17) is 23.7 Å². The number of hydrogen-bond acceptors (Lipinski definition) is 10. The van der Waals surface area contributed by atoms with Gasteiger partial charge in [-0.25, -0.2) is 19.8 Å². The molecule has 1 heterocycles. The first-order chi connectivity index (χ1) is 19.8. The maximum atomic E-state index is 12.6. The number of hydrazone groups is 1. The predicted octanol–water partition coefficient (Wildman–Crippen LogP) is 2.36. The average molecular weight is 569 g/mol. The van der Waals surface area contributed by atoms with Gasteiger partial charge in [-0.05, 0) is 50.6 Å². The summed E-state index contributed by atoms with van der Waals surface area (Å²) in [6.07, 6.45) is 1.37. The molecule has 3 N–H and O–H groups in total. The normalized spacial score (nSPS) is 14.5. The molecule has 0 unspecified atom stereocenters. The minimum atomic E-state index is -0.785. The summed E-state index contributed by atoms with van der Waals surface area (Å²) in [5, 5.41) is 9.22. The Morgan fingerprint density at radius 3 is 2.44 bits per heavy atom. The first-order valence-corrected chi connectivity index (χ1v) is 12.7. The number of amides is 3. The van der Waals surface area contributed by atoms with Crippen LogP contribution in [-0.2, 0) is 23.9 Å². The van der Waals surface area contributed by atoms with Crippen LogP contribution in [-0.4, -0.2) is 63.6 Å². The lowest BCUT2D eigenvalue weighted by molar-refractivity contribution is -0.145. The maximum absolute atomic E-state index is 12.6. The van der Waals surface area contributed by atoms with E-state index in [9.17, 15) is 19.2 Å². The summed E-state index contributed by atoms with van der Waals surface area (Å²) >= 11 is 0. The number of carbonyl (C=O) groups excluding carboxylic acids is 4. The van der Waals surface area contributed by atoms with E-state index in [2.05, 4.69) is 21.2 Å². The second-order valence-corrected chi connectivity index (χ2v) is 8.41. The zero-order chi connectivity index (χ0) is 29.8. The summed E-state index contributed by atoms with van der Waals surface area (Å²) in [5.41, 5.74) is 4.07. The summed E-state index contributed by atoms with van der Waals surface area (Å²) in [7, 11) is 1.42. The minimum absolute atomic E-state index is 0.175. The highest BCUT2D eigenvalue weighted by Gasteiger charge is 2.32. The summed E-state index contributed by atoms with van der Waals surface area (Å²) in [6.45, 7) is 4.79. The second-order valence-electron chi connectivity index (χ2n) is 8.41. The van der Waals surface area contributed by atoms with Crippen molar-refractivity contribution in [2.24, 2.45) is 5.10 Å². The van der Waals surface area contributed by atoms with E-state index in [1.165, 1.54) is 13.3 Å². The second kappa shape index (κ2) is 14.9. The summed E-state index contributed by atoms with van der Waals surface area (Å²) in [4.78, 5) is 48.6. The smallest absolute Gasteiger partial charge is 0.344 e. The van der Waals surface area contributed by atoms with Gasteiger partial charge in [-0.15, -0.1) is 0 Å². The molecule has 41 heavy (non-hydrogen) atoms. The molecule has 0 saturated carbocycles. The highest BCUT2D eigenvalue weighted by Crippen LogP contribution is 2.34. The Hall–Kier alpha value is -5.07. The summed E-state index contributed by atoms with van der Waals surface area (Å²) in [6, 6.07) is 10.4. The molecule has 0 radical (unpaired) electrons. The van der Waals surface area contributed by atoms with Crippen LogP contribution < -0.4 is 30.3 Å². The molecule has 0 spiro atoms. The van der Waals surface area contributed by atoms with Gasteiger partial charge >= 0.3 is 18.0 Å². The fourth-order valence-electron chi connectivity index (χ4n) is 3.81. The van der Waals surface area contributed by atoms with Crippen molar-refractivity contribution in [1.29, 1.82) is 0 Å². The lowest BCUT2D eigenvalue weighted by Gasteiger charge is -2.28. The lowest BCUT2D eigenvalue weighted by Crippen LogP contribution is -2.45. The number of nitrogens with zero attached hydrogens (tertiary/aromatic N) is 1. The fourth-order valence-corrected chi connectivity index (χ4v) is 3.81. The molecule has 13 heteroatoms. The van der Waals surface area contributed by atoms with Crippen molar-refractivity contribution in [2.45, 2.75) is 26.8 Å². The van der Waals surface area contributed by atoms with Gasteiger partial charge in [0.05, 0.1) is 38.2 Å². The van der Waals surface area contributed by atoms with E-state index < -0.39 is 29.9 Å². The Bertz CT molecular complexity index is 1340. The Balaban J connectivity index is 1.63. The van der Waals surface area contributed by atoms with E-state index in [0.29, 0.717) is 22.6 Å². The zero-order valence-electron chi connectivity index (χ0n) is 23.1. The molecule has 0 aromatic heterocycles. The van der Waals surface area contributed by atoms with E-state index in [-0.39, 0.29) is 43.5 Å². The number of para-hydroxylation sites is 1. The quantitative estimate of drug-likeness (QED) is 0.187. The molecule has 13 nitrogen and oxygen atoms in total. The van der Waals surface area contributed by atoms with Crippen LogP contribution in [0.3, 0.4) is 0 Å². The molecular weight excluding hydrogens is 536 g/mol. The van der Waals surface area contributed by atoms with Gasteiger partial charge in [-0.2, -0.15) is 5.10 Å². The van der Waals surface area contributed by atoms with Crippen LogP contribution in [0.5, 0.6) is 17.2 Å². The number of esters is 2. The highest BCUT2D eigenvalue weighted by atomic mass is 16.6. The maximum Gasteiger partial charge on any atom is 0.344 e. The molecule has 0 fully saturated rings. The molecule has 2 aromatic carbocycles. The number of rotatable bonds is 13. The van der Waals surface area contributed by atoms with Crippen LogP contribution in [0.4, 0.5) is 4.79 Å². The van der Waals surface area contributed by atoms with Crippen LogP contribution in [0.25, 0.3) is 0 Å². The van der Waals surface area contributed by atoms with Crippen molar-refractivity contribution in [1.82, 2.24) is 16.1 Å². The van der Waals surface area contributed by atoms with Crippen molar-refractivity contribution in [3.63, 3.8) is 0 Å². The van der Waals surface area contributed by atoms with E-state index in [0.717, 1.165) is 0 Å². The molecule has 3 rings (SSSR count). The summed E-state index contributed by atoms with van der Waals surface area (Å²) in [5.74, 6) is -0.689. The lowest BCUT2D eigenvalue weighted by atomic mass is 9.95. The van der Waals surface area contributed by atoms with E-state index >= 15 is 0 Å². The van der Waals surface area contributed by atoms with Gasteiger partial charge in [0.2, 0.25) is 0 Å². The Labute approximate surface area is 236 Å². The van der Waals surface area contributed by atoms with Crippen molar-refractivity contribution in [2.75, 3.05) is 33.5 Å². The number of methoxy groups -OCH3 is 1. The minimum Gasteiger partial charge on any atom is -0.493 e. The van der Waals surface area contributed by atoms with Crippen LogP contribution in [0.2, 0.25) is 0 Å². The average Bonchev–Trinajstić information content (AvgIpc) is 2.95. The van der Waals surface area contributed by atoms with Crippen molar-refractivity contribution < 1.29 is 42.9 Å². The van der Waals surface area contributed by atoms with Crippen LogP contribution in [0.15, 0.2) is 58.8 Å². The monoisotopic (exact) mass is 568 g/mol. The van der Waals surface area contributed by atoms with E-state index in [1.807, 2.05) is 0 Å². The molecular formula is C28H32N4O9. The number of carbonyl (C=O) groups is 4. The van der Waals surface area contributed by atoms with Crippen molar-refractivity contribution in [3.8, 4) is 17.2 Å². The van der Waals surface area contributed by atoms with Gasteiger partial charge in [0.15, 0.2) is 24.7 Å². The number of urea groups is 1. The van der Waals surface area contributed by atoms with Crippen molar-refractivity contribution >= 4 is 30.1 Å². The SMILES string of the molecule is CCOC(=O)COc1ccccc1/C=N/NC(=O)COc1ccc([C@H]2NC(=O)NC(C)=C2C(=O)OCC)cc1OC. The molecule has 1 aliphatic rings. The number of benzene rings is 2. The highest BCUT2D eigenvalue weighted by molar-refractivity contribution is 5.95. The predicted molar refractivity (Wildman–Crippen MR) is 147 cm³/mol. The number of nitrogens with one attached hydrogen (secondary N) is 3. The topological polar surface area (TPSA) is 163 Å². The Kier molecular flexibility index (Phi) is 11.1. The molecule has 1 aliphatic heterocycles. The van der Waals surface area contributed by atoms with Crippen molar-refractivity contribution in [3.05, 3.63) is 64.9 Å². The van der Waals surface area contributed by atoms with Gasteiger partial charge in [0.25, 0.3) is 5.91 Å². The Morgan fingerprint density at radius 1 is 0.976 bits per heavy atom. The van der Waals surface area contributed by atoms with Crippen LogP contribution >= 0.6 is 0 Å². The van der Waals surface area contributed by atoms with Gasteiger partial charge in [-0.3, -0.25) is 4.79 Å². The van der Waals surface area contributed by atoms with Gasteiger partial charge < -0.3 is 34.3 Å². The standard InChI is InChI=1S/C28H32N4O9/c1-5-38-24(34)16-41-20-10-8-7-9-19(20)14-29-32-23(33)15-40-21-12-11-18(13-22(21)37-4)26-25(27(35)39-6-2)17(3)30-28(36)31-26/h7-14,26H,5-6,15-16H2,1-4H3,(H,32,33)(H2,30,31,36)/b29-14+/t26-/m1/s1. The number of allylic oxidation sites excluding steroid dienone is 1. The third-order valence-corrected chi connectivity index (χ3v) is 5.61. The molecule has 0 saturated heterocycles. The van der Waals surface area contributed by atoms with Gasteiger partial charge in [0.1, 0.15) is 5.75 Å². The third-order valence-electron chi connectivity index (χ3n) is 5.61. The van der Waals surface area contributed by atoms with Crippen LogP contribution in [0, 0.1) is 0 Å². The molecule has 218 valence electrons. The largest absolute Gasteiger partial charge is 0.493 e. The first kappa shape index (κ1) is 30.5. The molecule has 3 amide bonds.